The lowest BCUT2D eigenvalue weighted by Gasteiger charge is -2.12. The predicted molar refractivity (Wildman–Crippen MR) is 102 cm³/mol. The summed E-state index contributed by atoms with van der Waals surface area (Å²) in [5.74, 6) is -0.951. The number of benzene rings is 2. The van der Waals surface area contributed by atoms with Crippen molar-refractivity contribution in [3.8, 4) is 0 Å². The Bertz CT molecular complexity index is 878. The van der Waals surface area contributed by atoms with E-state index in [1.165, 1.54) is 38.4 Å². The van der Waals surface area contributed by atoms with Crippen LogP contribution in [-0.4, -0.2) is 45.3 Å². The summed E-state index contributed by atoms with van der Waals surface area (Å²) in [7, 11) is -0.638. The van der Waals surface area contributed by atoms with Gasteiger partial charge in [-0.25, -0.2) is 12.7 Å². The summed E-state index contributed by atoms with van der Waals surface area (Å²) in [6.45, 7) is -0.397. The number of anilines is 1. The van der Waals surface area contributed by atoms with Crippen molar-refractivity contribution in [1.29, 1.82) is 0 Å². The van der Waals surface area contributed by atoms with Gasteiger partial charge >= 0.3 is 5.97 Å². The van der Waals surface area contributed by atoms with Gasteiger partial charge < -0.3 is 10.1 Å². The summed E-state index contributed by atoms with van der Waals surface area (Å²) in [6.07, 6.45) is 0.734. The minimum atomic E-state index is -3.52. The zero-order valence-corrected chi connectivity index (χ0v) is 16.0. The van der Waals surface area contributed by atoms with Crippen molar-refractivity contribution in [2.45, 2.75) is 17.7 Å². The molecular weight excluding hydrogens is 368 g/mol. The maximum atomic E-state index is 12.0. The molecule has 0 aliphatic carbocycles. The smallest absolute Gasteiger partial charge is 0.306 e. The van der Waals surface area contributed by atoms with E-state index in [2.05, 4.69) is 5.32 Å². The zero-order chi connectivity index (χ0) is 19.9. The minimum Gasteiger partial charge on any atom is -0.456 e. The van der Waals surface area contributed by atoms with Gasteiger partial charge in [0.15, 0.2) is 6.61 Å². The summed E-state index contributed by atoms with van der Waals surface area (Å²) in [4.78, 5) is 23.7. The molecule has 0 unspecified atom stereocenters. The van der Waals surface area contributed by atoms with Crippen molar-refractivity contribution in [2.24, 2.45) is 0 Å². The van der Waals surface area contributed by atoms with Crippen molar-refractivity contribution in [2.75, 3.05) is 26.0 Å². The third-order valence-corrected chi connectivity index (χ3v) is 5.57. The number of hydrogen-bond acceptors (Lipinski definition) is 5. The van der Waals surface area contributed by atoms with Crippen LogP contribution in [0.5, 0.6) is 0 Å². The Labute approximate surface area is 159 Å². The zero-order valence-electron chi connectivity index (χ0n) is 15.2. The molecule has 0 saturated carbocycles. The van der Waals surface area contributed by atoms with E-state index in [-0.39, 0.29) is 11.3 Å². The molecule has 7 nitrogen and oxygen atoms in total. The van der Waals surface area contributed by atoms with E-state index in [1.54, 1.807) is 0 Å². The van der Waals surface area contributed by atoms with Crippen LogP contribution in [0.3, 0.4) is 0 Å². The van der Waals surface area contributed by atoms with Crippen LogP contribution in [0.15, 0.2) is 59.5 Å². The maximum Gasteiger partial charge on any atom is 0.306 e. The van der Waals surface area contributed by atoms with Crippen molar-refractivity contribution in [3.63, 3.8) is 0 Å². The lowest BCUT2D eigenvalue weighted by Crippen LogP contribution is -2.22. The van der Waals surface area contributed by atoms with Gasteiger partial charge in [0.05, 0.1) is 4.90 Å². The third kappa shape index (κ3) is 6.19. The number of nitrogens with one attached hydrogen (secondary N) is 1. The molecule has 0 aliphatic rings. The van der Waals surface area contributed by atoms with E-state index >= 15 is 0 Å². The number of carbonyl (C=O) groups excluding carboxylic acids is 2. The van der Waals surface area contributed by atoms with Crippen molar-refractivity contribution < 1.29 is 22.7 Å². The van der Waals surface area contributed by atoms with Crippen LogP contribution in [0.1, 0.15) is 12.0 Å². The fourth-order valence-corrected chi connectivity index (χ4v) is 3.13. The van der Waals surface area contributed by atoms with Crippen molar-refractivity contribution >= 4 is 27.6 Å². The molecule has 2 rings (SSSR count). The van der Waals surface area contributed by atoms with E-state index < -0.39 is 28.5 Å². The van der Waals surface area contributed by atoms with E-state index in [0.29, 0.717) is 12.1 Å². The Hall–Kier alpha value is -2.71. The van der Waals surface area contributed by atoms with Gasteiger partial charge in [-0.15, -0.1) is 0 Å². The molecule has 1 amide bonds. The summed E-state index contributed by atoms with van der Waals surface area (Å²) >= 11 is 0. The average Bonchev–Trinajstić information content (AvgIpc) is 2.66. The van der Waals surface area contributed by atoms with Gasteiger partial charge in [0.2, 0.25) is 10.0 Å². The highest BCUT2D eigenvalue weighted by Gasteiger charge is 2.17. The second-order valence-corrected chi connectivity index (χ2v) is 8.16. The van der Waals surface area contributed by atoms with Gasteiger partial charge in [0, 0.05) is 26.2 Å². The maximum absolute atomic E-state index is 12.0. The molecule has 0 spiro atoms. The fraction of sp³-hybridized carbons (Fsp3) is 0.263. The number of carbonyl (C=O) groups is 2. The third-order valence-electron chi connectivity index (χ3n) is 3.74. The van der Waals surface area contributed by atoms with Gasteiger partial charge in [-0.05, 0) is 36.2 Å². The molecule has 0 radical (unpaired) electrons. The topological polar surface area (TPSA) is 92.8 Å². The average molecular weight is 390 g/mol. The number of rotatable bonds is 8. The van der Waals surface area contributed by atoms with E-state index in [1.807, 2.05) is 30.3 Å². The van der Waals surface area contributed by atoms with Gasteiger partial charge in [-0.1, -0.05) is 30.3 Å². The highest BCUT2D eigenvalue weighted by atomic mass is 32.2. The first-order valence-corrected chi connectivity index (χ1v) is 9.75. The second-order valence-electron chi connectivity index (χ2n) is 6.01. The fourth-order valence-electron chi connectivity index (χ4n) is 2.23. The highest BCUT2D eigenvalue weighted by Crippen LogP contribution is 2.16. The molecule has 8 heteroatoms. The quantitative estimate of drug-likeness (QED) is 0.697. The summed E-state index contributed by atoms with van der Waals surface area (Å²) in [6, 6.07) is 15.3. The molecule has 2 aromatic carbocycles. The molecule has 1 N–H and O–H groups in total. The Morgan fingerprint density at radius 2 is 1.63 bits per heavy atom. The van der Waals surface area contributed by atoms with E-state index in [4.69, 9.17) is 4.74 Å². The van der Waals surface area contributed by atoms with Crippen LogP contribution in [0.25, 0.3) is 0 Å². The Morgan fingerprint density at radius 3 is 2.22 bits per heavy atom. The molecule has 2 aromatic rings. The lowest BCUT2D eigenvalue weighted by atomic mass is 10.1. The van der Waals surface area contributed by atoms with Crippen molar-refractivity contribution in [3.05, 3.63) is 60.2 Å². The monoisotopic (exact) mass is 390 g/mol. The molecule has 0 aliphatic heterocycles. The summed E-state index contributed by atoms with van der Waals surface area (Å²) in [5.41, 5.74) is 1.43. The van der Waals surface area contributed by atoms with Crippen LogP contribution < -0.4 is 5.32 Å². The number of esters is 1. The molecule has 27 heavy (non-hydrogen) atoms. The Morgan fingerprint density at radius 1 is 1.00 bits per heavy atom. The molecule has 0 fully saturated rings. The number of sulfonamides is 1. The first-order chi connectivity index (χ1) is 12.8. The standard InChI is InChI=1S/C19H22N2O5S/c1-21(2)27(24,25)17-11-9-16(10-12-17)20-18(22)14-26-19(23)13-8-15-6-4-3-5-7-15/h3-7,9-12H,8,13-14H2,1-2H3,(H,20,22). The van der Waals surface area contributed by atoms with Gasteiger partial charge in [-0.2, -0.15) is 0 Å². The molecular formula is C19H22N2O5S. The Balaban J connectivity index is 1.79. The van der Waals surface area contributed by atoms with Crippen LogP contribution >= 0.6 is 0 Å². The molecule has 0 bridgehead atoms. The van der Waals surface area contributed by atoms with Crippen LogP contribution in [0.2, 0.25) is 0 Å². The molecule has 144 valence electrons. The number of ether oxygens (including phenoxy) is 1. The first-order valence-electron chi connectivity index (χ1n) is 8.31. The number of amides is 1. The van der Waals surface area contributed by atoms with Crippen LogP contribution in [0, 0.1) is 0 Å². The number of aryl methyl sites for hydroxylation is 1. The van der Waals surface area contributed by atoms with Gasteiger partial charge in [-0.3, -0.25) is 9.59 Å². The Kier molecular flexibility index (Phi) is 7.09. The number of nitrogens with zero attached hydrogens (tertiary/aromatic N) is 1. The highest BCUT2D eigenvalue weighted by molar-refractivity contribution is 7.89. The van der Waals surface area contributed by atoms with E-state index in [9.17, 15) is 18.0 Å². The summed E-state index contributed by atoms with van der Waals surface area (Å²) in [5, 5.41) is 2.55. The normalized spacial score (nSPS) is 11.2. The van der Waals surface area contributed by atoms with Gasteiger partial charge in [0.25, 0.3) is 5.91 Å². The largest absolute Gasteiger partial charge is 0.456 e. The van der Waals surface area contributed by atoms with Crippen LogP contribution in [-0.2, 0) is 30.8 Å². The first kappa shape index (κ1) is 20.6. The van der Waals surface area contributed by atoms with Crippen LogP contribution in [0.4, 0.5) is 5.69 Å². The molecule has 0 heterocycles. The minimum absolute atomic E-state index is 0.123. The van der Waals surface area contributed by atoms with Crippen molar-refractivity contribution in [1.82, 2.24) is 4.31 Å². The number of hydrogen-bond donors (Lipinski definition) is 1. The van der Waals surface area contributed by atoms with E-state index in [0.717, 1.165) is 9.87 Å². The summed E-state index contributed by atoms with van der Waals surface area (Å²) < 4.78 is 30.0. The lowest BCUT2D eigenvalue weighted by molar-refractivity contribution is -0.147. The molecule has 0 saturated heterocycles. The molecule has 0 aromatic heterocycles. The molecule has 0 atom stereocenters. The SMILES string of the molecule is CN(C)S(=O)(=O)c1ccc(NC(=O)COC(=O)CCc2ccccc2)cc1. The predicted octanol–water partition coefficient (Wildman–Crippen LogP) is 2.05. The second kappa shape index (κ2) is 9.29. The van der Waals surface area contributed by atoms with Gasteiger partial charge in [0.1, 0.15) is 0 Å².